The molecule has 1 fully saturated rings. The average Bonchev–Trinajstić information content (AvgIpc) is 2.55. The van der Waals surface area contributed by atoms with Crippen molar-refractivity contribution in [2.45, 2.75) is 0 Å². The van der Waals surface area contributed by atoms with Crippen LogP contribution in [0.2, 0.25) is 0 Å². The molecule has 0 atom stereocenters. The highest BCUT2D eigenvalue weighted by Crippen LogP contribution is 2.30. The maximum Gasteiger partial charge on any atom is 0.262 e. The van der Waals surface area contributed by atoms with Crippen LogP contribution < -0.4 is 20.9 Å². The molecule has 116 valence electrons. The molecule has 0 radical (unpaired) electrons. The quantitative estimate of drug-likeness (QED) is 0.873. The second-order valence-electron chi connectivity index (χ2n) is 4.95. The fourth-order valence-corrected chi connectivity index (χ4v) is 2.51. The Morgan fingerprint density at radius 2 is 2.05 bits per heavy atom. The summed E-state index contributed by atoms with van der Waals surface area (Å²) in [6.07, 6.45) is 0. The molecule has 0 spiro atoms. The van der Waals surface area contributed by atoms with Gasteiger partial charge in [-0.05, 0) is 6.07 Å². The third-order valence-corrected chi connectivity index (χ3v) is 3.62. The van der Waals surface area contributed by atoms with E-state index in [1.54, 1.807) is 19.2 Å². The number of benzene rings is 1. The van der Waals surface area contributed by atoms with Crippen LogP contribution in [0.1, 0.15) is 0 Å². The van der Waals surface area contributed by atoms with Gasteiger partial charge in [-0.15, -0.1) is 0 Å². The van der Waals surface area contributed by atoms with Crippen molar-refractivity contribution in [2.24, 2.45) is 0 Å². The second kappa shape index (κ2) is 6.07. The van der Waals surface area contributed by atoms with Crippen molar-refractivity contribution in [1.29, 1.82) is 0 Å². The highest BCUT2D eigenvalue weighted by atomic mass is 16.5. The molecule has 1 aromatic heterocycles. The summed E-state index contributed by atoms with van der Waals surface area (Å²) in [7, 11) is 1.55. The monoisotopic (exact) mass is 302 g/mol. The Morgan fingerprint density at radius 3 is 2.73 bits per heavy atom. The molecule has 0 unspecified atom stereocenters. The number of hydrogen-bond donors (Lipinski definition) is 2. The van der Waals surface area contributed by atoms with Crippen LogP contribution in [0, 0.1) is 0 Å². The molecule has 0 saturated carbocycles. The Hall–Kier alpha value is -2.54. The van der Waals surface area contributed by atoms with Gasteiger partial charge in [0.05, 0.1) is 25.9 Å². The molecule has 1 aliphatic rings. The highest BCUT2D eigenvalue weighted by molar-refractivity contribution is 5.78. The van der Waals surface area contributed by atoms with E-state index in [2.05, 4.69) is 9.97 Å². The van der Waals surface area contributed by atoms with Crippen LogP contribution in [0.25, 0.3) is 11.1 Å². The van der Waals surface area contributed by atoms with Gasteiger partial charge in [-0.25, -0.2) is 0 Å². The van der Waals surface area contributed by atoms with Crippen molar-refractivity contribution >= 4 is 11.8 Å². The second-order valence-corrected chi connectivity index (χ2v) is 4.95. The Labute approximate surface area is 127 Å². The van der Waals surface area contributed by atoms with Gasteiger partial charge in [0.15, 0.2) is 0 Å². The first-order chi connectivity index (χ1) is 10.7. The number of nitrogens with one attached hydrogen (secondary N) is 1. The molecule has 2 aromatic rings. The summed E-state index contributed by atoms with van der Waals surface area (Å²) >= 11 is 0. The molecule has 2 heterocycles. The molecule has 1 saturated heterocycles. The molecular formula is C15H18N4O3. The minimum Gasteiger partial charge on any atom is -0.496 e. The third-order valence-electron chi connectivity index (χ3n) is 3.62. The fraction of sp³-hybridized carbons (Fsp3) is 0.333. The highest BCUT2D eigenvalue weighted by Gasteiger charge is 2.19. The number of nitrogen functional groups attached to an aromatic ring is 1. The number of methoxy groups -OCH3 is 1. The van der Waals surface area contributed by atoms with Crippen molar-refractivity contribution in [2.75, 3.05) is 44.0 Å². The SMILES string of the molecule is COc1ccccc1-c1c(N)nc(N2CCOCC2)[nH]c1=O. The van der Waals surface area contributed by atoms with Crippen molar-refractivity contribution in [1.82, 2.24) is 9.97 Å². The van der Waals surface area contributed by atoms with Gasteiger partial charge in [0, 0.05) is 18.7 Å². The lowest BCUT2D eigenvalue weighted by atomic mass is 10.1. The molecule has 0 amide bonds. The standard InChI is InChI=1S/C15H18N4O3/c1-21-11-5-3-2-4-10(11)12-13(16)17-15(18-14(12)20)19-6-8-22-9-7-19/h2-5H,6-9H2,1H3,(H3,16,17,18,20). The summed E-state index contributed by atoms with van der Waals surface area (Å²) in [5.74, 6) is 1.25. The van der Waals surface area contributed by atoms with Crippen LogP contribution in [0.5, 0.6) is 5.75 Å². The number of aromatic amines is 1. The predicted molar refractivity (Wildman–Crippen MR) is 84.3 cm³/mol. The lowest BCUT2D eigenvalue weighted by molar-refractivity contribution is 0.122. The first-order valence-corrected chi connectivity index (χ1v) is 7.06. The molecule has 3 N–H and O–H groups in total. The lowest BCUT2D eigenvalue weighted by Gasteiger charge is -2.27. The zero-order valence-electron chi connectivity index (χ0n) is 12.3. The number of morpholine rings is 1. The number of H-pyrrole nitrogens is 1. The van der Waals surface area contributed by atoms with Gasteiger partial charge in [-0.1, -0.05) is 18.2 Å². The summed E-state index contributed by atoms with van der Waals surface area (Å²) in [4.78, 5) is 21.6. The van der Waals surface area contributed by atoms with E-state index in [0.29, 0.717) is 49.1 Å². The predicted octanol–water partition coefficient (Wildman–Crippen LogP) is 0.864. The summed E-state index contributed by atoms with van der Waals surface area (Å²) in [5, 5.41) is 0. The molecule has 0 bridgehead atoms. The number of para-hydroxylation sites is 1. The van der Waals surface area contributed by atoms with Gasteiger partial charge in [0.25, 0.3) is 5.56 Å². The number of anilines is 2. The zero-order chi connectivity index (χ0) is 15.5. The zero-order valence-corrected chi connectivity index (χ0v) is 12.3. The number of nitrogens with zero attached hydrogens (tertiary/aromatic N) is 2. The summed E-state index contributed by atoms with van der Waals surface area (Å²) < 4.78 is 10.6. The van der Waals surface area contributed by atoms with E-state index in [0.717, 1.165) is 0 Å². The minimum atomic E-state index is -0.279. The summed E-state index contributed by atoms with van der Waals surface area (Å²) in [6, 6.07) is 7.23. The Balaban J connectivity index is 2.05. The van der Waals surface area contributed by atoms with E-state index in [9.17, 15) is 4.79 Å². The third kappa shape index (κ3) is 2.62. The number of ether oxygens (including phenoxy) is 2. The maximum absolute atomic E-state index is 12.5. The van der Waals surface area contributed by atoms with Crippen molar-refractivity contribution in [3.8, 4) is 16.9 Å². The number of rotatable bonds is 3. The number of aromatic nitrogens is 2. The minimum absolute atomic E-state index is 0.190. The van der Waals surface area contributed by atoms with Crippen LogP contribution in [-0.2, 0) is 4.74 Å². The van der Waals surface area contributed by atoms with Gasteiger partial charge in [-0.2, -0.15) is 4.98 Å². The van der Waals surface area contributed by atoms with Gasteiger partial charge in [0.1, 0.15) is 11.6 Å². The largest absolute Gasteiger partial charge is 0.496 e. The van der Waals surface area contributed by atoms with Crippen molar-refractivity contribution in [3.63, 3.8) is 0 Å². The van der Waals surface area contributed by atoms with Gasteiger partial charge < -0.3 is 20.1 Å². The van der Waals surface area contributed by atoms with Gasteiger partial charge in [0.2, 0.25) is 5.95 Å². The molecule has 1 aliphatic heterocycles. The first kappa shape index (κ1) is 14.4. The van der Waals surface area contributed by atoms with Gasteiger partial charge >= 0.3 is 0 Å². The Bertz CT molecular complexity index is 723. The summed E-state index contributed by atoms with van der Waals surface area (Å²) in [5.41, 5.74) is 6.72. The van der Waals surface area contributed by atoms with Crippen molar-refractivity contribution in [3.05, 3.63) is 34.6 Å². The van der Waals surface area contributed by atoms with E-state index in [1.165, 1.54) is 0 Å². The topological polar surface area (TPSA) is 93.5 Å². The van der Waals surface area contributed by atoms with E-state index < -0.39 is 0 Å². The van der Waals surface area contributed by atoms with Crippen molar-refractivity contribution < 1.29 is 9.47 Å². The van der Waals surface area contributed by atoms with Crippen LogP contribution in [-0.4, -0.2) is 43.4 Å². The molecule has 3 rings (SSSR count). The van der Waals surface area contributed by atoms with E-state index in [4.69, 9.17) is 15.2 Å². The lowest BCUT2D eigenvalue weighted by Crippen LogP contribution is -2.38. The number of nitrogens with two attached hydrogens (primary N) is 1. The van der Waals surface area contributed by atoms with E-state index in [1.807, 2.05) is 17.0 Å². The molecular weight excluding hydrogens is 284 g/mol. The molecule has 1 aromatic carbocycles. The van der Waals surface area contributed by atoms with Crippen LogP contribution in [0.15, 0.2) is 29.1 Å². The molecule has 7 heteroatoms. The first-order valence-electron chi connectivity index (χ1n) is 7.06. The van der Waals surface area contributed by atoms with Gasteiger partial charge in [-0.3, -0.25) is 9.78 Å². The smallest absolute Gasteiger partial charge is 0.262 e. The fourth-order valence-electron chi connectivity index (χ4n) is 2.51. The Kier molecular flexibility index (Phi) is 3.97. The van der Waals surface area contributed by atoms with Crippen LogP contribution >= 0.6 is 0 Å². The summed E-state index contributed by atoms with van der Waals surface area (Å²) in [6.45, 7) is 2.57. The van der Waals surface area contributed by atoms with Crippen LogP contribution in [0.4, 0.5) is 11.8 Å². The maximum atomic E-state index is 12.5. The normalized spacial score (nSPS) is 14.9. The number of hydrogen-bond acceptors (Lipinski definition) is 6. The average molecular weight is 302 g/mol. The Morgan fingerprint density at radius 1 is 1.32 bits per heavy atom. The molecule has 22 heavy (non-hydrogen) atoms. The van der Waals surface area contributed by atoms with Crippen LogP contribution in [0.3, 0.4) is 0 Å². The molecule has 7 nitrogen and oxygen atoms in total. The molecule has 0 aliphatic carbocycles. The van der Waals surface area contributed by atoms with E-state index >= 15 is 0 Å². The van der Waals surface area contributed by atoms with E-state index in [-0.39, 0.29) is 11.4 Å².